The second-order valence-electron chi connectivity index (χ2n) is 6.74. The molecule has 0 fully saturated rings. The summed E-state index contributed by atoms with van der Waals surface area (Å²) in [5, 5.41) is 24.8. The zero-order valence-corrected chi connectivity index (χ0v) is 16.3. The largest absolute Gasteiger partial charge is 0.513 e. The molecular formula is C22H21FN2O5. The average Bonchev–Trinajstić information content (AvgIpc) is 3.14. The van der Waals surface area contributed by atoms with Crippen LogP contribution >= 0.6 is 0 Å². The zero-order chi connectivity index (χ0) is 21.7. The fourth-order valence-electron chi connectivity index (χ4n) is 3.10. The van der Waals surface area contributed by atoms with Crippen LogP contribution in [0.15, 0.2) is 65.4 Å². The number of carbonyl (C=O) groups excluding carboxylic acids is 1. The quantitative estimate of drug-likeness (QED) is 0.483. The summed E-state index contributed by atoms with van der Waals surface area (Å²) in [6.07, 6.45) is 0.525. The minimum atomic E-state index is -0.574. The number of halogens is 1. The number of benzene rings is 2. The summed E-state index contributed by atoms with van der Waals surface area (Å²) in [5.41, 5.74) is 2.28. The molecule has 0 bridgehead atoms. The van der Waals surface area contributed by atoms with Crippen molar-refractivity contribution in [2.24, 2.45) is 0 Å². The molecule has 0 aliphatic carbocycles. The van der Waals surface area contributed by atoms with E-state index in [0.29, 0.717) is 17.7 Å². The summed E-state index contributed by atoms with van der Waals surface area (Å²) in [6, 6.07) is 12.3. The van der Waals surface area contributed by atoms with Crippen molar-refractivity contribution in [1.82, 2.24) is 10.5 Å². The number of rotatable bonds is 8. The van der Waals surface area contributed by atoms with Gasteiger partial charge in [-0.25, -0.2) is 4.39 Å². The number of hydrogen-bond acceptors (Lipinski definition) is 6. The second-order valence-corrected chi connectivity index (χ2v) is 6.74. The Labute approximate surface area is 172 Å². The number of nitrogens with one attached hydrogen (secondary N) is 1. The van der Waals surface area contributed by atoms with Crippen molar-refractivity contribution < 1.29 is 28.7 Å². The molecule has 0 saturated heterocycles. The van der Waals surface area contributed by atoms with E-state index in [1.807, 2.05) is 24.3 Å². The maximum atomic E-state index is 13.6. The lowest BCUT2D eigenvalue weighted by molar-refractivity contribution is 0.0897. The number of ether oxygens (including phenoxy) is 1. The number of aliphatic hydroxyl groups is 1. The number of methoxy groups -OCH3 is 1. The van der Waals surface area contributed by atoms with Crippen molar-refractivity contribution in [1.29, 1.82) is 0 Å². The Morgan fingerprint density at radius 3 is 2.60 bits per heavy atom. The third-order valence-corrected chi connectivity index (χ3v) is 4.45. The SMILES string of the molecule is C=C(O)C[C@@H](Cc1ccc(-c2cc(F)ccc2OC)cc1)NC(=O)c1cc(O)no1. The highest BCUT2D eigenvalue weighted by Crippen LogP contribution is 2.31. The first-order chi connectivity index (χ1) is 14.4. The lowest BCUT2D eigenvalue weighted by Crippen LogP contribution is -2.36. The summed E-state index contributed by atoms with van der Waals surface area (Å²) >= 11 is 0. The Morgan fingerprint density at radius 2 is 2.00 bits per heavy atom. The molecule has 1 heterocycles. The lowest BCUT2D eigenvalue weighted by atomic mass is 9.98. The average molecular weight is 412 g/mol. The molecule has 156 valence electrons. The fourth-order valence-corrected chi connectivity index (χ4v) is 3.10. The third-order valence-electron chi connectivity index (χ3n) is 4.45. The molecule has 1 atom stereocenters. The van der Waals surface area contributed by atoms with Gasteiger partial charge in [0.25, 0.3) is 11.8 Å². The number of nitrogens with zero attached hydrogens (tertiary/aromatic N) is 1. The first-order valence-corrected chi connectivity index (χ1v) is 9.12. The Hall–Kier alpha value is -3.81. The molecule has 3 aromatic rings. The van der Waals surface area contributed by atoms with Gasteiger partial charge in [0.1, 0.15) is 11.6 Å². The number of aromatic hydroxyl groups is 1. The monoisotopic (exact) mass is 412 g/mol. The Bertz CT molecular complexity index is 1050. The molecule has 0 saturated carbocycles. The maximum Gasteiger partial charge on any atom is 0.290 e. The van der Waals surface area contributed by atoms with Crippen LogP contribution in [-0.4, -0.2) is 34.4 Å². The second kappa shape index (κ2) is 9.13. The summed E-state index contributed by atoms with van der Waals surface area (Å²) in [5.74, 6) is -1.00. The van der Waals surface area contributed by atoms with Gasteiger partial charge in [0, 0.05) is 18.0 Å². The van der Waals surface area contributed by atoms with E-state index >= 15 is 0 Å². The number of amides is 1. The highest BCUT2D eigenvalue weighted by molar-refractivity contribution is 5.91. The smallest absolute Gasteiger partial charge is 0.290 e. The summed E-state index contributed by atoms with van der Waals surface area (Å²) in [6.45, 7) is 3.48. The van der Waals surface area contributed by atoms with Gasteiger partial charge in [-0.05, 0) is 40.9 Å². The van der Waals surface area contributed by atoms with Gasteiger partial charge >= 0.3 is 0 Å². The summed E-state index contributed by atoms with van der Waals surface area (Å²) in [4.78, 5) is 12.3. The molecule has 0 spiro atoms. The molecule has 1 amide bonds. The molecular weight excluding hydrogens is 391 g/mol. The molecule has 0 radical (unpaired) electrons. The normalized spacial score (nSPS) is 11.7. The first kappa shape index (κ1) is 20.9. The van der Waals surface area contributed by atoms with Crippen LogP contribution in [0.25, 0.3) is 11.1 Å². The van der Waals surface area contributed by atoms with E-state index in [4.69, 9.17) is 9.26 Å². The first-order valence-electron chi connectivity index (χ1n) is 9.12. The van der Waals surface area contributed by atoms with Crippen LogP contribution in [0.3, 0.4) is 0 Å². The van der Waals surface area contributed by atoms with Gasteiger partial charge in [0.2, 0.25) is 5.76 Å². The van der Waals surface area contributed by atoms with E-state index in [0.717, 1.165) is 17.2 Å². The third kappa shape index (κ3) is 5.16. The van der Waals surface area contributed by atoms with Gasteiger partial charge in [-0.1, -0.05) is 30.8 Å². The van der Waals surface area contributed by atoms with Crippen LogP contribution in [0, 0.1) is 5.82 Å². The summed E-state index contributed by atoms with van der Waals surface area (Å²) < 4.78 is 23.7. The highest BCUT2D eigenvalue weighted by atomic mass is 19.1. The molecule has 30 heavy (non-hydrogen) atoms. The number of aliphatic hydroxyl groups excluding tert-OH is 1. The van der Waals surface area contributed by atoms with Crippen LogP contribution in [0.4, 0.5) is 4.39 Å². The predicted molar refractivity (Wildman–Crippen MR) is 108 cm³/mol. The molecule has 8 heteroatoms. The lowest BCUT2D eigenvalue weighted by Gasteiger charge is -2.18. The van der Waals surface area contributed by atoms with Crippen LogP contribution in [-0.2, 0) is 6.42 Å². The van der Waals surface area contributed by atoms with Gasteiger partial charge in [0.15, 0.2) is 0 Å². The van der Waals surface area contributed by atoms with E-state index < -0.39 is 17.8 Å². The number of carbonyl (C=O) groups is 1. The van der Waals surface area contributed by atoms with Crippen molar-refractivity contribution in [3.63, 3.8) is 0 Å². The van der Waals surface area contributed by atoms with Gasteiger partial charge in [0.05, 0.1) is 18.9 Å². The molecule has 0 aliphatic rings. The fraction of sp³-hybridized carbons (Fsp3) is 0.182. The van der Waals surface area contributed by atoms with E-state index in [-0.39, 0.29) is 23.8 Å². The minimum absolute atomic E-state index is 0.0816. The minimum Gasteiger partial charge on any atom is -0.513 e. The van der Waals surface area contributed by atoms with Crippen molar-refractivity contribution in [2.45, 2.75) is 18.9 Å². The highest BCUT2D eigenvalue weighted by Gasteiger charge is 2.19. The molecule has 0 unspecified atom stereocenters. The van der Waals surface area contributed by atoms with E-state index in [1.165, 1.54) is 19.2 Å². The van der Waals surface area contributed by atoms with Crippen LogP contribution in [0.2, 0.25) is 0 Å². The van der Waals surface area contributed by atoms with Crippen LogP contribution in [0.5, 0.6) is 11.6 Å². The van der Waals surface area contributed by atoms with Gasteiger partial charge in [-0.15, -0.1) is 0 Å². The Morgan fingerprint density at radius 1 is 1.27 bits per heavy atom. The van der Waals surface area contributed by atoms with Gasteiger partial charge in [-0.3, -0.25) is 4.79 Å². The molecule has 3 N–H and O–H groups in total. The molecule has 1 aromatic heterocycles. The predicted octanol–water partition coefficient (Wildman–Crippen LogP) is 4.00. The van der Waals surface area contributed by atoms with E-state index in [9.17, 15) is 19.4 Å². The van der Waals surface area contributed by atoms with E-state index in [1.54, 1.807) is 6.07 Å². The Balaban J connectivity index is 1.76. The zero-order valence-electron chi connectivity index (χ0n) is 16.3. The standard InChI is InChI=1S/C22H21FN2O5/c1-13(26)9-17(24-22(28)20-12-21(27)25-30-20)10-14-3-5-15(6-4-14)18-11-16(23)7-8-19(18)29-2/h3-8,11-12,17,26H,1,9-10H2,2H3,(H,24,28)(H,25,27)/t17-/m0/s1. The number of hydrogen-bond donors (Lipinski definition) is 3. The molecule has 2 aromatic carbocycles. The van der Waals surface area contributed by atoms with Crippen molar-refractivity contribution in [2.75, 3.05) is 7.11 Å². The Kier molecular flexibility index (Phi) is 6.36. The maximum absolute atomic E-state index is 13.6. The van der Waals surface area contributed by atoms with E-state index in [2.05, 4.69) is 17.1 Å². The molecule has 7 nitrogen and oxygen atoms in total. The van der Waals surface area contributed by atoms with Crippen molar-refractivity contribution in [3.8, 4) is 22.8 Å². The topological polar surface area (TPSA) is 105 Å². The number of aromatic nitrogens is 1. The van der Waals surface area contributed by atoms with Crippen molar-refractivity contribution >= 4 is 5.91 Å². The molecule has 3 rings (SSSR count). The van der Waals surface area contributed by atoms with Crippen molar-refractivity contribution in [3.05, 3.63) is 78.0 Å². The van der Waals surface area contributed by atoms with Crippen LogP contribution < -0.4 is 10.1 Å². The molecule has 0 aliphatic heterocycles. The summed E-state index contributed by atoms with van der Waals surface area (Å²) in [7, 11) is 1.52. The van der Waals surface area contributed by atoms with Crippen LogP contribution in [0.1, 0.15) is 22.5 Å². The van der Waals surface area contributed by atoms with Gasteiger partial charge in [-0.2, -0.15) is 0 Å². The van der Waals surface area contributed by atoms with Gasteiger partial charge < -0.3 is 24.8 Å².